The number of carbonyl (C=O) groups is 1. The van der Waals surface area contributed by atoms with Gasteiger partial charge in [-0.3, -0.25) is 10.1 Å². The van der Waals surface area contributed by atoms with E-state index < -0.39 is 11.0 Å². The molecule has 1 aromatic rings. The Kier molecular flexibility index (Phi) is 9.65. The summed E-state index contributed by atoms with van der Waals surface area (Å²) in [5.41, 5.74) is 0. The van der Waals surface area contributed by atoms with Crippen molar-refractivity contribution in [2.75, 3.05) is 18.1 Å². The maximum atomic E-state index is 12.1. The molecule has 0 aliphatic rings. The molecule has 8 heteroatoms. The second kappa shape index (κ2) is 10.0. The van der Waals surface area contributed by atoms with Gasteiger partial charge in [0.2, 0.25) is 0 Å². The van der Waals surface area contributed by atoms with Crippen LogP contribution in [-0.2, 0) is 37.4 Å². The number of anilines is 1. The first-order valence-electron chi connectivity index (χ1n) is 6.04. The summed E-state index contributed by atoms with van der Waals surface area (Å²) >= 11 is 1.43. The van der Waals surface area contributed by atoms with Crippen LogP contribution < -0.4 is 4.90 Å². The van der Waals surface area contributed by atoms with Gasteiger partial charge in [0.05, 0.1) is 5.00 Å². The summed E-state index contributed by atoms with van der Waals surface area (Å²) in [4.78, 5) is 24.5. The van der Waals surface area contributed by atoms with Crippen LogP contribution in [0.1, 0.15) is 18.2 Å². The molecule has 0 radical (unpaired) electrons. The Morgan fingerprint density at radius 1 is 1.62 bits per heavy atom. The Labute approximate surface area is 153 Å². The second-order valence-electron chi connectivity index (χ2n) is 4.13. The second-order valence-corrected chi connectivity index (χ2v) is 5.39. The molecule has 0 atom stereocenters. The van der Waals surface area contributed by atoms with E-state index in [9.17, 15) is 14.9 Å². The molecule has 0 aliphatic heterocycles. The molecule has 1 aromatic heterocycles. The molecule has 1 amide bonds. The summed E-state index contributed by atoms with van der Waals surface area (Å²) in [6.07, 6.45) is 1.11. The Morgan fingerprint density at radius 3 is 2.76 bits per heavy atom. The summed E-state index contributed by atoms with van der Waals surface area (Å²) in [5.74, 6) is 0. The molecule has 0 spiro atoms. The van der Waals surface area contributed by atoms with E-state index in [2.05, 4.69) is 6.58 Å². The third kappa shape index (κ3) is 6.67. The Balaban J connectivity index is 0.00000400. The molecule has 1 rings (SSSR count). The number of nitrogens with zero attached hydrogens (tertiary/aromatic N) is 2. The fourth-order valence-electron chi connectivity index (χ4n) is 1.54. The molecular weight excluding hydrogens is 369 g/mol. The Morgan fingerprint density at radius 2 is 2.29 bits per heavy atom. The van der Waals surface area contributed by atoms with Crippen LogP contribution in [0.15, 0.2) is 24.8 Å². The summed E-state index contributed by atoms with van der Waals surface area (Å²) in [7, 11) is 0. The van der Waals surface area contributed by atoms with E-state index in [1.54, 1.807) is 13.0 Å². The van der Waals surface area contributed by atoms with Gasteiger partial charge in [0.25, 0.3) is 0 Å². The van der Waals surface area contributed by atoms with Gasteiger partial charge in [-0.25, -0.2) is 10.8 Å². The van der Waals surface area contributed by atoms with E-state index in [0.717, 1.165) is 4.88 Å². The number of nitro groups is 1. The van der Waals surface area contributed by atoms with E-state index >= 15 is 0 Å². The number of aryl methyl sites for hydroxylation is 1. The van der Waals surface area contributed by atoms with E-state index in [1.165, 1.54) is 22.3 Å². The number of rotatable bonds is 7. The van der Waals surface area contributed by atoms with E-state index in [1.807, 2.05) is 13.0 Å². The van der Waals surface area contributed by atoms with Gasteiger partial charge >= 0.3 is 38.8 Å². The molecule has 21 heavy (non-hydrogen) atoms. The zero-order valence-electron chi connectivity index (χ0n) is 12.1. The average Bonchev–Trinajstić information content (AvgIpc) is 2.80. The van der Waals surface area contributed by atoms with Crippen LogP contribution >= 0.6 is 11.3 Å². The van der Waals surface area contributed by atoms with Crippen LogP contribution in [0.4, 0.5) is 9.80 Å². The molecule has 0 aliphatic carbocycles. The zero-order chi connectivity index (χ0) is 15.1. The van der Waals surface area contributed by atoms with E-state index in [0.29, 0.717) is 11.0 Å². The fourth-order valence-corrected chi connectivity index (χ4v) is 2.46. The normalized spacial score (nSPS) is 9.86. The maximum absolute atomic E-state index is 12.1. The van der Waals surface area contributed by atoms with Crippen molar-refractivity contribution in [3.63, 3.8) is 0 Å². The van der Waals surface area contributed by atoms with Gasteiger partial charge in [0.1, 0.15) is 6.61 Å². The summed E-state index contributed by atoms with van der Waals surface area (Å²) in [5, 5.41) is 11.1. The maximum Gasteiger partial charge on any atom is 3.00 e. The quantitative estimate of drug-likeness (QED) is 0.312. The van der Waals surface area contributed by atoms with Crippen LogP contribution in [0.25, 0.3) is 0 Å². The molecule has 6 nitrogen and oxygen atoms in total. The smallest absolute Gasteiger partial charge is 0.447 e. The molecule has 0 fully saturated rings. The molecule has 0 bridgehead atoms. The number of hydrogen-bond acceptors (Lipinski definition) is 5. The zero-order valence-corrected chi connectivity index (χ0v) is 15.7. The van der Waals surface area contributed by atoms with E-state index in [-0.39, 0.29) is 52.3 Å². The largest absolute Gasteiger partial charge is 3.00 e. The monoisotopic (exact) mass is 386 g/mol. The number of carbonyl (C=O) groups excluding carboxylic acids is 1. The SMILES string of the molecule is C=CCOC(=O)N(c1ccc(C)s1)[C-](C)CC[N+](=O)[O-].[Y+3]. The summed E-state index contributed by atoms with van der Waals surface area (Å²) < 4.78 is 5.03. The third-order valence-corrected chi connectivity index (χ3v) is 3.48. The molecule has 1 heterocycles. The molecule has 0 N–H and O–H groups in total. The third-order valence-electron chi connectivity index (χ3n) is 2.49. The average molecular weight is 386 g/mol. The molecule has 0 saturated heterocycles. The first-order chi connectivity index (χ1) is 9.45. The number of thiophene rings is 1. The topological polar surface area (TPSA) is 72.7 Å². The van der Waals surface area contributed by atoms with Crippen molar-refractivity contribution in [2.45, 2.75) is 20.3 Å². The predicted molar refractivity (Wildman–Crippen MR) is 78.5 cm³/mol. The van der Waals surface area contributed by atoms with Gasteiger partial charge in [0.15, 0.2) is 6.54 Å². The van der Waals surface area contributed by atoms with Crippen molar-refractivity contribution in [1.82, 2.24) is 0 Å². The Hall–Kier alpha value is -0.786. The first kappa shape index (κ1) is 20.2. The first-order valence-corrected chi connectivity index (χ1v) is 6.85. The molecule has 110 valence electrons. The van der Waals surface area contributed by atoms with Gasteiger partial charge < -0.3 is 9.64 Å². The number of ether oxygens (including phenoxy) is 1. The summed E-state index contributed by atoms with van der Waals surface area (Å²) in [6, 6.07) is 4.26. The molecular formula is C13H17N2O4SY+2. The summed E-state index contributed by atoms with van der Waals surface area (Å²) in [6.45, 7) is 6.98. The minimum atomic E-state index is -0.549. The van der Waals surface area contributed by atoms with Crippen molar-refractivity contribution >= 4 is 22.4 Å². The van der Waals surface area contributed by atoms with Gasteiger partial charge in [-0.05, 0) is 19.1 Å². The standard InChI is InChI=1S/C13H17N2O4S.Y/c1-4-9-19-13(16)15(10(2)7-8-14(17)18)12-6-5-11(3)20-12;/h4-6H,1,7-9H2,2-3H3;/q-1;+3. The fraction of sp³-hybridized carbons (Fsp3) is 0.385. The van der Waals surface area contributed by atoms with Crippen LogP contribution in [0.3, 0.4) is 0 Å². The van der Waals surface area contributed by atoms with Crippen molar-refractivity contribution in [1.29, 1.82) is 0 Å². The van der Waals surface area contributed by atoms with Crippen LogP contribution in [-0.4, -0.2) is 24.2 Å². The van der Waals surface area contributed by atoms with Gasteiger partial charge in [-0.1, -0.05) is 19.1 Å². The van der Waals surface area contributed by atoms with Crippen molar-refractivity contribution in [3.8, 4) is 0 Å². The van der Waals surface area contributed by atoms with E-state index in [4.69, 9.17) is 4.74 Å². The Bertz CT molecular complexity index is 492. The molecule has 0 saturated carbocycles. The van der Waals surface area contributed by atoms with Crippen molar-refractivity contribution < 1.29 is 47.2 Å². The minimum absolute atomic E-state index is 0. The molecule has 0 unspecified atom stereocenters. The van der Waals surface area contributed by atoms with Crippen LogP contribution in [0.2, 0.25) is 0 Å². The van der Waals surface area contributed by atoms with Gasteiger partial charge in [-0.2, -0.15) is 6.92 Å². The van der Waals surface area contributed by atoms with Crippen LogP contribution in [0.5, 0.6) is 0 Å². The minimum Gasteiger partial charge on any atom is -0.447 e. The van der Waals surface area contributed by atoms with Crippen molar-refractivity contribution in [3.05, 3.63) is 45.8 Å². The van der Waals surface area contributed by atoms with Crippen LogP contribution in [0, 0.1) is 23.1 Å². The van der Waals surface area contributed by atoms with Gasteiger partial charge in [0, 0.05) is 9.80 Å². The van der Waals surface area contributed by atoms with Crippen molar-refractivity contribution in [2.24, 2.45) is 0 Å². The van der Waals surface area contributed by atoms with Gasteiger partial charge in [-0.15, -0.1) is 11.3 Å². The number of hydrogen-bond donors (Lipinski definition) is 0. The number of amides is 1. The predicted octanol–water partition coefficient (Wildman–Crippen LogP) is 3.40. The molecule has 0 aromatic carbocycles.